The molecule has 1 fully saturated rings. The number of phenols is 1. The lowest BCUT2D eigenvalue weighted by Gasteiger charge is -2.34. The van der Waals surface area contributed by atoms with E-state index in [1.165, 1.54) is 6.42 Å². The van der Waals surface area contributed by atoms with Crippen molar-refractivity contribution in [2.45, 2.75) is 31.4 Å². The van der Waals surface area contributed by atoms with Crippen LogP contribution in [0.15, 0.2) is 12.1 Å². The van der Waals surface area contributed by atoms with Gasteiger partial charge in [-0.05, 0) is 76.1 Å². The van der Waals surface area contributed by atoms with Crippen LogP contribution in [-0.2, 0) is 0 Å². The highest BCUT2D eigenvalue weighted by Gasteiger charge is 2.32. The molecule has 0 unspecified atom stereocenters. The zero-order chi connectivity index (χ0) is 12.6. The molecular formula is C12H16ClI2NO2. The van der Waals surface area contributed by atoms with Crippen molar-refractivity contribution >= 4 is 57.6 Å². The van der Waals surface area contributed by atoms with Crippen LogP contribution in [0.2, 0.25) is 0 Å². The van der Waals surface area contributed by atoms with Crippen LogP contribution < -0.4 is 5.73 Å². The van der Waals surface area contributed by atoms with E-state index in [0.717, 1.165) is 20.0 Å². The Labute approximate surface area is 140 Å². The van der Waals surface area contributed by atoms with E-state index in [4.69, 9.17) is 5.73 Å². The van der Waals surface area contributed by atoms with Gasteiger partial charge in [0.1, 0.15) is 5.75 Å². The average Bonchev–Trinajstić information content (AvgIpc) is 2.19. The van der Waals surface area contributed by atoms with Crippen molar-refractivity contribution in [2.75, 3.05) is 0 Å². The second-order valence-electron chi connectivity index (χ2n) is 4.53. The van der Waals surface area contributed by atoms with Crippen molar-refractivity contribution in [2.24, 2.45) is 11.7 Å². The van der Waals surface area contributed by atoms with Gasteiger partial charge in [0.15, 0.2) is 0 Å². The number of aliphatic hydroxyl groups excluding tert-OH is 1. The minimum Gasteiger partial charge on any atom is -0.506 e. The van der Waals surface area contributed by atoms with Crippen LogP contribution in [0.25, 0.3) is 0 Å². The summed E-state index contributed by atoms with van der Waals surface area (Å²) in [4.78, 5) is 0. The summed E-state index contributed by atoms with van der Waals surface area (Å²) >= 11 is 4.27. The lowest BCUT2D eigenvalue weighted by atomic mass is 9.77. The second-order valence-corrected chi connectivity index (χ2v) is 6.94. The molecule has 1 aliphatic rings. The first-order chi connectivity index (χ1) is 8.00. The molecular weight excluding hydrogens is 479 g/mol. The summed E-state index contributed by atoms with van der Waals surface area (Å²) in [6.45, 7) is 0. The fraction of sp³-hybridized carbons (Fsp3) is 0.500. The number of hydrogen-bond acceptors (Lipinski definition) is 3. The summed E-state index contributed by atoms with van der Waals surface area (Å²) in [5.41, 5.74) is 6.72. The fourth-order valence-electron chi connectivity index (χ4n) is 2.10. The molecule has 1 aliphatic carbocycles. The first-order valence-electron chi connectivity index (χ1n) is 5.62. The van der Waals surface area contributed by atoms with Crippen LogP contribution in [0, 0.1) is 13.1 Å². The molecule has 4 N–H and O–H groups in total. The van der Waals surface area contributed by atoms with Crippen molar-refractivity contribution in [3.05, 3.63) is 24.8 Å². The van der Waals surface area contributed by atoms with Gasteiger partial charge in [0.25, 0.3) is 0 Å². The Kier molecular flexibility index (Phi) is 6.43. The van der Waals surface area contributed by atoms with Gasteiger partial charge < -0.3 is 15.9 Å². The number of hydrogen-bond donors (Lipinski definition) is 3. The lowest BCUT2D eigenvalue weighted by molar-refractivity contribution is 0.0407. The number of nitrogens with two attached hydrogens (primary N) is 1. The number of halogens is 3. The molecule has 0 amide bonds. The van der Waals surface area contributed by atoms with Gasteiger partial charge in [-0.25, -0.2) is 0 Å². The summed E-state index contributed by atoms with van der Waals surface area (Å²) < 4.78 is 1.80. The maximum Gasteiger partial charge on any atom is 0.133 e. The number of phenolic OH excluding ortho intramolecular Hbond substituents is 1. The highest BCUT2D eigenvalue weighted by atomic mass is 127. The molecule has 1 saturated carbocycles. The van der Waals surface area contributed by atoms with Crippen LogP contribution in [0.3, 0.4) is 0 Å². The standard InChI is InChI=1S/C12H15I2NO2.ClH/c13-7-4-8(12(17)9(14)5-7)10(15)11(16)6-2-1-3-6;/h4-6,10-11,16-17H,1-3,15H2;1H/t10-,11+;/m0./s1. The minimum absolute atomic E-state index is 0. The van der Waals surface area contributed by atoms with E-state index in [1.807, 2.05) is 12.1 Å². The highest BCUT2D eigenvalue weighted by Crippen LogP contribution is 2.38. The third-order valence-corrected chi connectivity index (χ3v) is 4.86. The molecule has 102 valence electrons. The molecule has 0 bridgehead atoms. The minimum atomic E-state index is -0.552. The van der Waals surface area contributed by atoms with Crippen molar-refractivity contribution in [1.29, 1.82) is 0 Å². The van der Waals surface area contributed by atoms with Gasteiger partial charge in [-0.1, -0.05) is 6.42 Å². The molecule has 6 heteroatoms. The summed E-state index contributed by atoms with van der Waals surface area (Å²) in [6.07, 6.45) is 2.70. The Hall–Kier alpha value is 0.690. The predicted octanol–water partition coefficient (Wildman–Crippen LogP) is 3.18. The summed E-state index contributed by atoms with van der Waals surface area (Å²) in [5, 5.41) is 20.2. The third-order valence-electron chi connectivity index (χ3n) is 3.42. The summed E-state index contributed by atoms with van der Waals surface area (Å²) in [6, 6.07) is 3.25. The number of aromatic hydroxyl groups is 1. The fourth-order valence-corrected chi connectivity index (χ4v) is 3.99. The number of rotatable bonds is 3. The van der Waals surface area contributed by atoms with Crippen LogP contribution in [0.4, 0.5) is 0 Å². The van der Waals surface area contributed by atoms with E-state index in [-0.39, 0.29) is 18.2 Å². The molecule has 1 aromatic rings. The van der Waals surface area contributed by atoms with Gasteiger partial charge in [-0.3, -0.25) is 0 Å². The van der Waals surface area contributed by atoms with E-state index in [1.54, 1.807) is 0 Å². The molecule has 18 heavy (non-hydrogen) atoms. The SMILES string of the molecule is Cl.N[C@@H](c1cc(I)cc(I)c1O)[C@H](O)C1CCC1. The normalized spacial score (nSPS) is 18.7. The van der Waals surface area contributed by atoms with Crippen LogP contribution in [0.5, 0.6) is 5.75 Å². The molecule has 0 aliphatic heterocycles. The third kappa shape index (κ3) is 3.41. The Balaban J connectivity index is 0.00000162. The van der Waals surface area contributed by atoms with E-state index in [2.05, 4.69) is 45.2 Å². The Bertz CT molecular complexity index is 427. The van der Waals surface area contributed by atoms with Crippen LogP contribution in [0.1, 0.15) is 30.9 Å². The maximum absolute atomic E-state index is 10.2. The van der Waals surface area contributed by atoms with Gasteiger partial charge in [0, 0.05) is 9.13 Å². The second kappa shape index (κ2) is 6.92. The van der Waals surface area contributed by atoms with E-state index in [9.17, 15) is 10.2 Å². The Morgan fingerprint density at radius 2 is 1.89 bits per heavy atom. The van der Waals surface area contributed by atoms with Crippen LogP contribution in [-0.4, -0.2) is 16.3 Å². The van der Waals surface area contributed by atoms with Crippen molar-refractivity contribution in [1.82, 2.24) is 0 Å². The molecule has 3 nitrogen and oxygen atoms in total. The largest absolute Gasteiger partial charge is 0.506 e. The van der Waals surface area contributed by atoms with Gasteiger partial charge in [0.2, 0.25) is 0 Å². The van der Waals surface area contributed by atoms with Crippen molar-refractivity contribution < 1.29 is 10.2 Å². The average molecular weight is 496 g/mol. The monoisotopic (exact) mass is 495 g/mol. The molecule has 1 aromatic carbocycles. The first kappa shape index (κ1) is 16.7. The molecule has 0 aromatic heterocycles. The van der Waals surface area contributed by atoms with Crippen molar-refractivity contribution in [3.8, 4) is 5.75 Å². The Morgan fingerprint density at radius 1 is 1.28 bits per heavy atom. The molecule has 0 radical (unpaired) electrons. The number of aliphatic hydroxyl groups is 1. The zero-order valence-corrected chi connectivity index (χ0v) is 14.8. The molecule has 2 atom stereocenters. The smallest absolute Gasteiger partial charge is 0.133 e. The van der Waals surface area contributed by atoms with E-state index >= 15 is 0 Å². The van der Waals surface area contributed by atoms with Gasteiger partial charge in [0.05, 0.1) is 15.7 Å². The van der Waals surface area contributed by atoms with Crippen LogP contribution >= 0.6 is 57.6 Å². The maximum atomic E-state index is 10.2. The van der Waals surface area contributed by atoms with Crippen molar-refractivity contribution in [3.63, 3.8) is 0 Å². The topological polar surface area (TPSA) is 66.5 Å². The van der Waals surface area contributed by atoms with Gasteiger partial charge >= 0.3 is 0 Å². The quantitative estimate of drug-likeness (QED) is 0.565. The molecule has 0 saturated heterocycles. The summed E-state index contributed by atoms with van der Waals surface area (Å²) in [7, 11) is 0. The van der Waals surface area contributed by atoms with Gasteiger partial charge in [-0.15, -0.1) is 12.4 Å². The zero-order valence-electron chi connectivity index (χ0n) is 9.64. The molecule has 2 rings (SSSR count). The lowest BCUT2D eigenvalue weighted by Crippen LogP contribution is -2.36. The Morgan fingerprint density at radius 3 is 2.39 bits per heavy atom. The van der Waals surface area contributed by atoms with E-state index < -0.39 is 12.1 Å². The predicted molar refractivity (Wildman–Crippen MR) is 91.1 cm³/mol. The highest BCUT2D eigenvalue weighted by molar-refractivity contribution is 14.1. The summed E-state index contributed by atoms with van der Waals surface area (Å²) in [5.74, 6) is 0.497. The van der Waals surface area contributed by atoms with Gasteiger partial charge in [-0.2, -0.15) is 0 Å². The molecule has 0 heterocycles. The number of benzene rings is 1. The molecule has 0 spiro atoms. The first-order valence-corrected chi connectivity index (χ1v) is 7.78. The van der Waals surface area contributed by atoms with E-state index in [0.29, 0.717) is 11.5 Å².